The highest BCUT2D eigenvalue weighted by Gasteiger charge is 2.21. The largest absolute Gasteiger partial charge is 0.464 e. The highest BCUT2D eigenvalue weighted by Crippen LogP contribution is 2.19. The Morgan fingerprint density at radius 2 is 2.23 bits per heavy atom. The maximum absolute atomic E-state index is 12.1. The second-order valence-electron chi connectivity index (χ2n) is 5.55. The van der Waals surface area contributed by atoms with Gasteiger partial charge >= 0.3 is 16.2 Å². The Morgan fingerprint density at radius 1 is 1.50 bits per heavy atom. The number of methoxy groups -OCH3 is 1. The summed E-state index contributed by atoms with van der Waals surface area (Å²) in [6.07, 6.45) is 4.51. The van der Waals surface area contributed by atoms with Gasteiger partial charge in [0.05, 0.1) is 12.8 Å². The van der Waals surface area contributed by atoms with Gasteiger partial charge in [-0.3, -0.25) is 0 Å². The Labute approximate surface area is 150 Å². The van der Waals surface area contributed by atoms with E-state index in [1.165, 1.54) is 33.7 Å². The summed E-state index contributed by atoms with van der Waals surface area (Å²) in [5.74, 6) is -0.526. The minimum absolute atomic E-state index is 0.0580. The number of rotatable bonds is 8. The molecular weight excluding hydrogens is 362 g/mol. The van der Waals surface area contributed by atoms with Crippen LogP contribution in [0.5, 0.6) is 0 Å². The summed E-state index contributed by atoms with van der Waals surface area (Å²) in [5, 5.41) is 3.58. The lowest BCUT2D eigenvalue weighted by atomic mass is 10.1. The first kappa shape index (κ1) is 19.5. The van der Waals surface area contributed by atoms with Gasteiger partial charge in [-0.25, -0.2) is 13.8 Å². The number of imidazole rings is 1. The standard InChI is InChI=1S/C14H19N7O4S/c1-19(2)26(23,24)20-9-11(16-10-20)7-12(8-17-18-15)21-6-4-5-13(21)14(22)25-3/h4-6,9-10,12H,7-8H2,1-3H3/t12-/m1/s1. The van der Waals surface area contributed by atoms with E-state index in [4.69, 9.17) is 10.3 Å². The average molecular weight is 381 g/mol. The molecule has 0 N–H and O–H groups in total. The van der Waals surface area contributed by atoms with Crippen LogP contribution < -0.4 is 0 Å². The molecule has 140 valence electrons. The van der Waals surface area contributed by atoms with Crippen molar-refractivity contribution in [3.63, 3.8) is 0 Å². The molecule has 0 fully saturated rings. The summed E-state index contributed by atoms with van der Waals surface area (Å²) in [6, 6.07) is 2.83. The minimum Gasteiger partial charge on any atom is -0.464 e. The third-order valence-corrected chi connectivity index (χ3v) is 5.36. The van der Waals surface area contributed by atoms with Crippen molar-refractivity contribution in [2.45, 2.75) is 12.5 Å². The van der Waals surface area contributed by atoms with Crippen molar-refractivity contribution in [3.05, 3.63) is 52.7 Å². The van der Waals surface area contributed by atoms with Crippen LogP contribution in [0.15, 0.2) is 36.0 Å². The normalized spacial score (nSPS) is 12.6. The number of aromatic nitrogens is 3. The van der Waals surface area contributed by atoms with Crippen molar-refractivity contribution in [2.75, 3.05) is 27.7 Å². The number of esters is 1. The average Bonchev–Trinajstić information content (AvgIpc) is 3.27. The molecule has 0 aromatic carbocycles. The van der Waals surface area contributed by atoms with Gasteiger partial charge in [-0.2, -0.15) is 12.7 Å². The fourth-order valence-corrected chi connectivity index (χ4v) is 3.18. The number of hydrogen-bond acceptors (Lipinski definition) is 6. The van der Waals surface area contributed by atoms with Crippen LogP contribution in [0.25, 0.3) is 10.4 Å². The summed E-state index contributed by atoms with van der Waals surface area (Å²) >= 11 is 0. The Bertz CT molecular complexity index is 925. The van der Waals surface area contributed by atoms with Crippen LogP contribution in [0.4, 0.5) is 0 Å². The summed E-state index contributed by atoms with van der Waals surface area (Å²) in [4.78, 5) is 18.8. The lowest BCUT2D eigenvalue weighted by Crippen LogP contribution is -2.27. The number of azide groups is 1. The highest BCUT2D eigenvalue weighted by molar-refractivity contribution is 7.87. The van der Waals surface area contributed by atoms with E-state index in [0.717, 1.165) is 8.28 Å². The van der Waals surface area contributed by atoms with Gasteiger partial charge < -0.3 is 9.30 Å². The molecule has 0 aliphatic heterocycles. The predicted octanol–water partition coefficient (Wildman–Crippen LogP) is 1.22. The van der Waals surface area contributed by atoms with Gasteiger partial charge in [0.2, 0.25) is 0 Å². The summed E-state index contributed by atoms with van der Waals surface area (Å²) in [6.45, 7) is 0.0580. The Morgan fingerprint density at radius 3 is 2.85 bits per heavy atom. The number of carbonyl (C=O) groups excluding carboxylic acids is 1. The molecule has 2 aromatic rings. The summed E-state index contributed by atoms with van der Waals surface area (Å²) < 4.78 is 32.7. The molecule has 0 saturated carbocycles. The molecule has 0 aliphatic carbocycles. The third-order valence-electron chi connectivity index (χ3n) is 3.71. The summed E-state index contributed by atoms with van der Waals surface area (Å²) in [7, 11) is 0.447. The molecule has 1 atom stereocenters. The SMILES string of the molecule is COC(=O)c1cccn1[C@@H](CN=[N+]=[N-])Cc1cn(S(=O)(=O)N(C)C)cn1. The molecule has 0 saturated heterocycles. The highest BCUT2D eigenvalue weighted by atomic mass is 32.2. The first-order chi connectivity index (χ1) is 12.3. The second kappa shape index (κ2) is 8.04. The zero-order valence-corrected chi connectivity index (χ0v) is 15.4. The smallest absolute Gasteiger partial charge is 0.354 e. The molecule has 2 heterocycles. The van der Waals surface area contributed by atoms with Crippen molar-refractivity contribution < 1.29 is 17.9 Å². The second-order valence-corrected chi connectivity index (χ2v) is 7.60. The minimum atomic E-state index is -3.66. The van der Waals surface area contributed by atoms with Crippen LogP contribution in [-0.2, 0) is 21.4 Å². The van der Waals surface area contributed by atoms with Crippen LogP contribution in [0.2, 0.25) is 0 Å². The molecule has 2 aromatic heterocycles. The van der Waals surface area contributed by atoms with E-state index >= 15 is 0 Å². The first-order valence-electron chi connectivity index (χ1n) is 7.53. The van der Waals surface area contributed by atoms with Crippen LogP contribution in [0.3, 0.4) is 0 Å². The number of nitrogens with zero attached hydrogens (tertiary/aromatic N) is 7. The van der Waals surface area contributed by atoms with Gasteiger partial charge in [0.15, 0.2) is 0 Å². The Hall–Kier alpha value is -2.82. The number of carbonyl (C=O) groups is 1. The van der Waals surface area contributed by atoms with E-state index in [1.807, 2.05) is 0 Å². The molecule has 26 heavy (non-hydrogen) atoms. The third kappa shape index (κ3) is 4.04. The van der Waals surface area contributed by atoms with Crippen molar-refractivity contribution in [3.8, 4) is 0 Å². The van der Waals surface area contributed by atoms with Crippen LogP contribution in [-0.4, -0.2) is 60.0 Å². The Kier molecular flexibility index (Phi) is 6.03. The van der Waals surface area contributed by atoms with Crippen LogP contribution >= 0.6 is 0 Å². The van der Waals surface area contributed by atoms with Crippen molar-refractivity contribution in [1.29, 1.82) is 0 Å². The van der Waals surface area contributed by atoms with Crippen LogP contribution in [0, 0.1) is 0 Å². The van der Waals surface area contributed by atoms with E-state index in [9.17, 15) is 13.2 Å². The quantitative estimate of drug-likeness (QED) is 0.293. The van der Waals surface area contributed by atoms with E-state index < -0.39 is 22.2 Å². The fraction of sp³-hybridized carbons (Fsp3) is 0.429. The van der Waals surface area contributed by atoms with Gasteiger partial charge in [0.25, 0.3) is 0 Å². The van der Waals surface area contributed by atoms with Crippen molar-refractivity contribution >= 4 is 16.2 Å². The first-order valence-corrected chi connectivity index (χ1v) is 8.92. The maximum Gasteiger partial charge on any atom is 0.354 e. The van der Waals surface area contributed by atoms with Crippen molar-refractivity contribution in [2.24, 2.45) is 5.11 Å². The van der Waals surface area contributed by atoms with E-state index in [-0.39, 0.29) is 13.0 Å². The monoisotopic (exact) mass is 381 g/mol. The number of ether oxygens (including phenoxy) is 1. The Balaban J connectivity index is 2.33. The molecular formula is C14H19N7O4S. The molecule has 11 nitrogen and oxygen atoms in total. The lowest BCUT2D eigenvalue weighted by molar-refractivity contribution is 0.0586. The molecule has 0 unspecified atom stereocenters. The van der Waals surface area contributed by atoms with E-state index in [0.29, 0.717) is 11.4 Å². The maximum atomic E-state index is 12.1. The molecule has 0 bridgehead atoms. The zero-order chi connectivity index (χ0) is 19.3. The van der Waals surface area contributed by atoms with Gasteiger partial charge in [0, 0.05) is 50.4 Å². The molecule has 2 rings (SSSR count). The van der Waals surface area contributed by atoms with Crippen LogP contribution in [0.1, 0.15) is 22.2 Å². The molecule has 0 aliphatic rings. The van der Waals surface area contributed by atoms with E-state index in [2.05, 4.69) is 15.0 Å². The van der Waals surface area contributed by atoms with Gasteiger partial charge in [-0.1, -0.05) is 5.11 Å². The fourth-order valence-electron chi connectivity index (χ4n) is 2.38. The predicted molar refractivity (Wildman–Crippen MR) is 92.8 cm³/mol. The zero-order valence-electron chi connectivity index (χ0n) is 14.6. The molecule has 0 radical (unpaired) electrons. The van der Waals surface area contributed by atoms with Gasteiger partial charge in [0.1, 0.15) is 12.0 Å². The topological polar surface area (TPSA) is 135 Å². The van der Waals surface area contributed by atoms with E-state index in [1.54, 1.807) is 22.9 Å². The van der Waals surface area contributed by atoms with Gasteiger partial charge in [-0.05, 0) is 17.7 Å². The molecule has 0 spiro atoms. The molecule has 12 heteroatoms. The molecule has 0 amide bonds. The lowest BCUT2D eigenvalue weighted by Gasteiger charge is -2.18. The van der Waals surface area contributed by atoms with Gasteiger partial charge in [-0.15, -0.1) is 0 Å². The summed E-state index contributed by atoms with van der Waals surface area (Å²) in [5.41, 5.74) is 9.40. The van der Waals surface area contributed by atoms with Crippen molar-refractivity contribution in [1.82, 2.24) is 17.8 Å². The number of hydrogen-bond donors (Lipinski definition) is 0.